The highest BCUT2D eigenvalue weighted by Gasteiger charge is 2.19. The molecule has 31 heavy (non-hydrogen) atoms. The molecule has 0 aliphatic carbocycles. The summed E-state index contributed by atoms with van der Waals surface area (Å²) in [5.41, 5.74) is 2.93. The molecule has 0 radical (unpaired) electrons. The Morgan fingerprint density at radius 2 is 1.84 bits per heavy atom. The van der Waals surface area contributed by atoms with Crippen LogP contribution in [0.2, 0.25) is 5.02 Å². The number of rotatable bonds is 5. The van der Waals surface area contributed by atoms with Gasteiger partial charge in [0.05, 0.1) is 16.6 Å². The molecule has 0 aliphatic rings. The van der Waals surface area contributed by atoms with Crippen LogP contribution >= 0.6 is 11.6 Å². The lowest BCUT2D eigenvalue weighted by atomic mass is 10.2. The fraction of sp³-hybridized carbons (Fsp3) is 0.0909. The first kappa shape index (κ1) is 20.4. The van der Waals surface area contributed by atoms with Gasteiger partial charge in [-0.25, -0.2) is 4.98 Å². The Balaban J connectivity index is 1.72. The lowest BCUT2D eigenvalue weighted by molar-refractivity contribution is 0.0961. The number of halogens is 1. The van der Waals surface area contributed by atoms with E-state index in [0.29, 0.717) is 33.1 Å². The lowest BCUT2D eigenvalue weighted by Crippen LogP contribution is -2.20. The second kappa shape index (κ2) is 8.45. The first-order chi connectivity index (χ1) is 15.0. The topological polar surface area (TPSA) is 109 Å². The van der Waals surface area contributed by atoms with Crippen LogP contribution in [-0.4, -0.2) is 29.0 Å². The van der Waals surface area contributed by atoms with Crippen LogP contribution in [0.1, 0.15) is 26.4 Å². The monoisotopic (exact) mass is 435 g/mol. The van der Waals surface area contributed by atoms with Gasteiger partial charge in [-0.2, -0.15) is 0 Å². The molecule has 4 rings (SSSR count). The van der Waals surface area contributed by atoms with E-state index >= 15 is 0 Å². The molecule has 4 aromatic rings. The van der Waals surface area contributed by atoms with Crippen LogP contribution in [0, 0.1) is 6.92 Å². The predicted molar refractivity (Wildman–Crippen MR) is 119 cm³/mol. The van der Waals surface area contributed by atoms with Crippen molar-refractivity contribution in [2.45, 2.75) is 6.92 Å². The highest BCUT2D eigenvalue weighted by atomic mass is 35.5. The third-order valence-corrected chi connectivity index (χ3v) is 4.91. The van der Waals surface area contributed by atoms with Crippen LogP contribution in [0.15, 0.2) is 59.3 Å². The smallest absolute Gasteiger partial charge is 0.278 e. The van der Waals surface area contributed by atoms with E-state index in [2.05, 4.69) is 26.1 Å². The highest BCUT2D eigenvalue weighted by Crippen LogP contribution is 2.28. The maximum Gasteiger partial charge on any atom is 0.278 e. The molecule has 156 valence electrons. The summed E-state index contributed by atoms with van der Waals surface area (Å²) in [7, 11) is 1.52. The molecule has 3 N–H and O–H groups in total. The summed E-state index contributed by atoms with van der Waals surface area (Å²) >= 11 is 6.05. The van der Waals surface area contributed by atoms with E-state index < -0.39 is 5.91 Å². The van der Waals surface area contributed by atoms with Crippen molar-refractivity contribution in [3.05, 3.63) is 76.6 Å². The summed E-state index contributed by atoms with van der Waals surface area (Å²) in [4.78, 5) is 29.4. The molecule has 0 atom stereocenters. The molecule has 8 nitrogen and oxygen atoms in total. The molecule has 0 unspecified atom stereocenters. The van der Waals surface area contributed by atoms with Gasteiger partial charge in [-0.1, -0.05) is 35.0 Å². The molecule has 2 heterocycles. The van der Waals surface area contributed by atoms with Crippen LogP contribution in [0.4, 0.5) is 17.2 Å². The van der Waals surface area contributed by atoms with Crippen molar-refractivity contribution in [3.63, 3.8) is 0 Å². The highest BCUT2D eigenvalue weighted by molar-refractivity contribution is 6.31. The van der Waals surface area contributed by atoms with Gasteiger partial charge in [0.15, 0.2) is 17.1 Å². The van der Waals surface area contributed by atoms with E-state index in [1.165, 1.54) is 13.2 Å². The first-order valence-electron chi connectivity index (χ1n) is 9.37. The normalized spacial score (nSPS) is 10.7. The number of aromatic nitrogens is 2. The van der Waals surface area contributed by atoms with Gasteiger partial charge in [-0.3, -0.25) is 9.59 Å². The SMILES string of the molecule is CNC(=O)c1cnc(Nc2ccccc2C)c(NC(=O)c2noc3ccc(Cl)cc23)c1. The van der Waals surface area contributed by atoms with E-state index in [-0.39, 0.29) is 11.6 Å². The molecular formula is C22H18ClN5O3. The lowest BCUT2D eigenvalue weighted by Gasteiger charge is -2.14. The Morgan fingerprint density at radius 3 is 2.61 bits per heavy atom. The number of anilines is 3. The molecule has 2 aromatic carbocycles. The van der Waals surface area contributed by atoms with Gasteiger partial charge >= 0.3 is 0 Å². The molecule has 0 saturated heterocycles. The maximum atomic E-state index is 13.0. The van der Waals surface area contributed by atoms with Crippen molar-refractivity contribution in [2.75, 3.05) is 17.7 Å². The largest absolute Gasteiger partial charge is 0.355 e. The summed E-state index contributed by atoms with van der Waals surface area (Å²) in [6.07, 6.45) is 1.43. The minimum absolute atomic E-state index is 0.0738. The number of carbonyl (C=O) groups excluding carboxylic acids is 2. The third-order valence-electron chi connectivity index (χ3n) is 4.67. The quantitative estimate of drug-likeness (QED) is 0.424. The van der Waals surface area contributed by atoms with Crippen molar-refractivity contribution in [2.24, 2.45) is 0 Å². The minimum atomic E-state index is -0.523. The Hall–Kier alpha value is -3.91. The van der Waals surface area contributed by atoms with Crippen LogP contribution in [-0.2, 0) is 0 Å². The number of hydrogen-bond acceptors (Lipinski definition) is 6. The average Bonchev–Trinajstić information content (AvgIpc) is 3.19. The van der Waals surface area contributed by atoms with Crippen LogP contribution in [0.5, 0.6) is 0 Å². The van der Waals surface area contributed by atoms with Gasteiger partial charge in [0.25, 0.3) is 11.8 Å². The zero-order chi connectivity index (χ0) is 22.0. The molecule has 0 bridgehead atoms. The number of hydrogen-bond donors (Lipinski definition) is 3. The summed E-state index contributed by atoms with van der Waals surface area (Å²) in [6, 6.07) is 14.1. The number of para-hydroxylation sites is 1. The molecular weight excluding hydrogens is 418 g/mol. The Kier molecular flexibility index (Phi) is 5.55. The number of nitrogens with one attached hydrogen (secondary N) is 3. The number of pyridine rings is 1. The van der Waals surface area contributed by atoms with Crippen molar-refractivity contribution in [1.29, 1.82) is 0 Å². The van der Waals surface area contributed by atoms with Crippen LogP contribution < -0.4 is 16.0 Å². The number of carbonyl (C=O) groups is 2. The van der Waals surface area contributed by atoms with Gasteiger partial charge in [0.2, 0.25) is 0 Å². The average molecular weight is 436 g/mol. The Morgan fingerprint density at radius 1 is 1.03 bits per heavy atom. The van der Waals surface area contributed by atoms with Gasteiger partial charge in [-0.15, -0.1) is 0 Å². The molecule has 9 heteroatoms. The van der Waals surface area contributed by atoms with Crippen molar-refractivity contribution < 1.29 is 14.1 Å². The molecule has 0 aliphatic heterocycles. The van der Waals surface area contributed by atoms with E-state index in [9.17, 15) is 9.59 Å². The molecule has 0 fully saturated rings. The second-order valence-electron chi connectivity index (χ2n) is 6.76. The zero-order valence-electron chi connectivity index (χ0n) is 16.7. The van der Waals surface area contributed by atoms with E-state index in [1.807, 2.05) is 31.2 Å². The first-order valence-corrected chi connectivity index (χ1v) is 9.75. The summed E-state index contributed by atoms with van der Waals surface area (Å²) in [5, 5.41) is 13.3. The molecule has 0 spiro atoms. The van der Waals surface area contributed by atoms with Crippen molar-refractivity contribution >= 4 is 51.6 Å². The van der Waals surface area contributed by atoms with Gasteiger partial charge in [0, 0.05) is 24.0 Å². The number of aryl methyl sites for hydroxylation is 1. The fourth-order valence-electron chi connectivity index (χ4n) is 3.03. The van der Waals surface area contributed by atoms with Crippen LogP contribution in [0.25, 0.3) is 11.0 Å². The number of fused-ring (bicyclic) bond motifs is 1. The van der Waals surface area contributed by atoms with E-state index in [1.54, 1.807) is 24.3 Å². The number of benzene rings is 2. The summed E-state index contributed by atoms with van der Waals surface area (Å²) in [5.74, 6) is -0.477. The van der Waals surface area contributed by atoms with Gasteiger partial charge < -0.3 is 20.5 Å². The van der Waals surface area contributed by atoms with Crippen molar-refractivity contribution in [1.82, 2.24) is 15.5 Å². The Bertz CT molecular complexity index is 1300. The standard InChI is InChI=1S/C22H18ClN5O3/c1-12-5-3-4-6-16(12)26-20-17(9-13(11-25-20)21(29)24-2)27-22(30)19-15-10-14(23)7-8-18(15)31-28-19/h3-11H,1-2H3,(H,24,29)(H,25,26)(H,27,30). The number of amides is 2. The molecule has 2 aromatic heterocycles. The fourth-order valence-corrected chi connectivity index (χ4v) is 3.20. The summed E-state index contributed by atoms with van der Waals surface area (Å²) in [6.45, 7) is 1.95. The van der Waals surface area contributed by atoms with Crippen molar-refractivity contribution in [3.8, 4) is 0 Å². The number of nitrogens with zero attached hydrogens (tertiary/aromatic N) is 2. The summed E-state index contributed by atoms with van der Waals surface area (Å²) < 4.78 is 5.22. The zero-order valence-corrected chi connectivity index (χ0v) is 17.4. The van der Waals surface area contributed by atoms with E-state index in [0.717, 1.165) is 11.3 Å². The second-order valence-corrected chi connectivity index (χ2v) is 7.20. The van der Waals surface area contributed by atoms with Gasteiger partial charge in [0.1, 0.15) is 0 Å². The van der Waals surface area contributed by atoms with Gasteiger partial charge in [-0.05, 0) is 42.8 Å². The molecule has 2 amide bonds. The van der Waals surface area contributed by atoms with Crippen LogP contribution in [0.3, 0.4) is 0 Å². The maximum absolute atomic E-state index is 13.0. The predicted octanol–water partition coefficient (Wildman–Crippen LogP) is 4.54. The Labute approximate surface area is 182 Å². The van der Waals surface area contributed by atoms with E-state index in [4.69, 9.17) is 16.1 Å². The molecule has 0 saturated carbocycles. The minimum Gasteiger partial charge on any atom is -0.355 e. The third kappa shape index (κ3) is 4.19.